The van der Waals surface area contributed by atoms with Crippen molar-refractivity contribution in [2.24, 2.45) is 7.05 Å². The first-order valence-corrected chi connectivity index (χ1v) is 6.37. The van der Waals surface area contributed by atoms with Gasteiger partial charge in [0.15, 0.2) is 0 Å². The molecule has 0 radical (unpaired) electrons. The predicted octanol–water partition coefficient (Wildman–Crippen LogP) is -0.126. The van der Waals surface area contributed by atoms with E-state index in [0.717, 1.165) is 16.6 Å². The summed E-state index contributed by atoms with van der Waals surface area (Å²) < 4.78 is 2.46. The van der Waals surface area contributed by atoms with Gasteiger partial charge in [-0.15, -0.1) is 0 Å². The van der Waals surface area contributed by atoms with Gasteiger partial charge in [-0.05, 0) is 6.42 Å². The van der Waals surface area contributed by atoms with E-state index in [1.807, 2.05) is 6.92 Å². The van der Waals surface area contributed by atoms with Crippen molar-refractivity contribution in [2.75, 3.05) is 11.1 Å². The first kappa shape index (κ1) is 13.9. The number of hydrogen-bond donors (Lipinski definition) is 3. The van der Waals surface area contributed by atoms with Gasteiger partial charge in [0.2, 0.25) is 0 Å². The first-order valence-electron chi connectivity index (χ1n) is 6.37. The van der Waals surface area contributed by atoms with Gasteiger partial charge in [-0.2, -0.15) is 5.10 Å². The van der Waals surface area contributed by atoms with Gasteiger partial charge in [-0.1, -0.05) is 6.92 Å². The Bertz CT molecular complexity index is 698. The number of hydrogen-bond acceptors (Lipinski definition) is 5. The van der Waals surface area contributed by atoms with Gasteiger partial charge in [-0.25, -0.2) is 4.79 Å². The van der Waals surface area contributed by atoms with E-state index < -0.39 is 11.2 Å². The van der Waals surface area contributed by atoms with E-state index >= 15 is 0 Å². The molecular weight excluding hydrogens is 260 g/mol. The monoisotopic (exact) mass is 278 g/mol. The van der Waals surface area contributed by atoms with Crippen molar-refractivity contribution in [2.45, 2.75) is 26.4 Å². The Balaban J connectivity index is 2.41. The maximum absolute atomic E-state index is 12.1. The van der Waals surface area contributed by atoms with Crippen LogP contribution in [0.4, 0.5) is 11.5 Å². The zero-order valence-electron chi connectivity index (χ0n) is 11.5. The molecule has 0 spiro atoms. The highest BCUT2D eigenvalue weighted by Gasteiger charge is 2.14. The fraction of sp³-hybridized carbons (Fsp3) is 0.417. The summed E-state index contributed by atoms with van der Waals surface area (Å²) in [6.45, 7) is 2.81. The Morgan fingerprint density at radius 2 is 2.20 bits per heavy atom. The Kier molecular flexibility index (Phi) is 3.92. The lowest BCUT2D eigenvalue weighted by Gasteiger charge is -2.15. The van der Waals surface area contributed by atoms with Crippen molar-refractivity contribution in [3.8, 4) is 0 Å². The quantitative estimate of drug-likeness (QED) is 0.706. The van der Waals surface area contributed by atoms with Gasteiger partial charge in [0, 0.05) is 31.9 Å². The summed E-state index contributed by atoms with van der Waals surface area (Å²) in [5.74, 6) is 0.170. The molecule has 0 amide bonds. The molecule has 0 aliphatic heterocycles. The van der Waals surface area contributed by atoms with Gasteiger partial charge in [0.1, 0.15) is 11.5 Å². The predicted molar refractivity (Wildman–Crippen MR) is 76.6 cm³/mol. The fourth-order valence-corrected chi connectivity index (χ4v) is 1.95. The first-order chi connectivity index (χ1) is 9.56. The van der Waals surface area contributed by atoms with Crippen molar-refractivity contribution in [3.05, 3.63) is 38.8 Å². The molecular formula is C12H18N6O2. The van der Waals surface area contributed by atoms with E-state index in [0.29, 0.717) is 13.1 Å². The SMILES string of the molecule is CCCn1c(N)c(NCc2cn[nH]c2)c(=O)n(C)c1=O. The molecule has 0 aliphatic rings. The van der Waals surface area contributed by atoms with Crippen LogP contribution in [0.1, 0.15) is 18.9 Å². The van der Waals surface area contributed by atoms with Crippen molar-refractivity contribution in [1.29, 1.82) is 0 Å². The number of rotatable bonds is 5. The topological polar surface area (TPSA) is 111 Å². The number of aromatic nitrogens is 4. The zero-order valence-corrected chi connectivity index (χ0v) is 11.5. The summed E-state index contributed by atoms with van der Waals surface area (Å²) in [6.07, 6.45) is 4.12. The summed E-state index contributed by atoms with van der Waals surface area (Å²) in [6, 6.07) is 0. The van der Waals surface area contributed by atoms with Crippen molar-refractivity contribution in [3.63, 3.8) is 0 Å². The molecule has 2 rings (SSSR count). The van der Waals surface area contributed by atoms with Gasteiger partial charge in [0.05, 0.1) is 6.20 Å². The van der Waals surface area contributed by atoms with Crippen LogP contribution in [0.3, 0.4) is 0 Å². The number of H-pyrrole nitrogens is 1. The van der Waals surface area contributed by atoms with Crippen LogP contribution in [-0.2, 0) is 20.1 Å². The summed E-state index contributed by atoms with van der Waals surface area (Å²) in [5.41, 5.74) is 6.24. The molecule has 108 valence electrons. The highest BCUT2D eigenvalue weighted by molar-refractivity contribution is 5.60. The van der Waals surface area contributed by atoms with Crippen LogP contribution < -0.4 is 22.3 Å². The van der Waals surface area contributed by atoms with Crippen LogP contribution in [0.25, 0.3) is 0 Å². The third kappa shape index (κ3) is 2.44. The Morgan fingerprint density at radius 3 is 2.80 bits per heavy atom. The van der Waals surface area contributed by atoms with Gasteiger partial charge >= 0.3 is 5.69 Å². The van der Waals surface area contributed by atoms with Crippen molar-refractivity contribution in [1.82, 2.24) is 19.3 Å². The molecule has 2 aromatic rings. The molecule has 0 saturated carbocycles. The molecule has 8 nitrogen and oxygen atoms in total. The minimum absolute atomic E-state index is 0.170. The molecule has 20 heavy (non-hydrogen) atoms. The second-order valence-electron chi connectivity index (χ2n) is 4.52. The summed E-state index contributed by atoms with van der Waals surface area (Å²) in [5, 5.41) is 9.48. The third-order valence-corrected chi connectivity index (χ3v) is 3.05. The second-order valence-corrected chi connectivity index (χ2v) is 4.52. The van der Waals surface area contributed by atoms with Gasteiger partial charge < -0.3 is 11.1 Å². The average molecular weight is 278 g/mol. The van der Waals surface area contributed by atoms with Gasteiger partial charge in [0.25, 0.3) is 5.56 Å². The number of nitrogens with one attached hydrogen (secondary N) is 2. The maximum atomic E-state index is 12.1. The smallest absolute Gasteiger partial charge is 0.332 e. The Hall–Kier alpha value is -2.51. The minimum Gasteiger partial charge on any atom is -0.383 e. The lowest BCUT2D eigenvalue weighted by Crippen LogP contribution is -2.40. The van der Waals surface area contributed by atoms with Crippen LogP contribution in [0, 0.1) is 0 Å². The largest absolute Gasteiger partial charge is 0.383 e. The molecule has 0 fully saturated rings. The van der Waals surface area contributed by atoms with Crippen LogP contribution in [-0.4, -0.2) is 19.3 Å². The highest BCUT2D eigenvalue weighted by Crippen LogP contribution is 2.12. The molecule has 0 bridgehead atoms. The lowest BCUT2D eigenvalue weighted by atomic mass is 10.3. The van der Waals surface area contributed by atoms with Crippen LogP contribution in [0.2, 0.25) is 0 Å². The zero-order chi connectivity index (χ0) is 14.7. The van der Waals surface area contributed by atoms with E-state index in [2.05, 4.69) is 15.5 Å². The molecule has 0 unspecified atom stereocenters. The summed E-state index contributed by atoms with van der Waals surface area (Å²) in [4.78, 5) is 24.1. The molecule has 0 aliphatic carbocycles. The Labute approximate surface area is 115 Å². The van der Waals surface area contributed by atoms with E-state index in [1.165, 1.54) is 11.6 Å². The molecule has 0 atom stereocenters. The number of nitrogens with zero attached hydrogens (tertiary/aromatic N) is 3. The molecule has 2 aromatic heterocycles. The number of aromatic amines is 1. The second kappa shape index (κ2) is 5.64. The molecule has 0 aromatic carbocycles. The average Bonchev–Trinajstić information content (AvgIpc) is 2.94. The maximum Gasteiger partial charge on any atom is 0.332 e. The molecule has 4 N–H and O–H groups in total. The van der Waals surface area contributed by atoms with Crippen LogP contribution in [0.5, 0.6) is 0 Å². The third-order valence-electron chi connectivity index (χ3n) is 3.05. The standard InChI is InChI=1S/C12H18N6O2/c1-3-4-18-10(13)9(11(19)17(2)12(18)20)14-5-8-6-15-16-7-8/h6-7,14H,3-5,13H2,1-2H3,(H,15,16). The Morgan fingerprint density at radius 1 is 1.45 bits per heavy atom. The molecule has 2 heterocycles. The van der Waals surface area contributed by atoms with E-state index in [9.17, 15) is 9.59 Å². The molecule has 0 saturated heterocycles. The number of anilines is 2. The van der Waals surface area contributed by atoms with E-state index in [-0.39, 0.29) is 11.5 Å². The lowest BCUT2D eigenvalue weighted by molar-refractivity contribution is 0.600. The van der Waals surface area contributed by atoms with E-state index in [4.69, 9.17) is 5.73 Å². The number of nitrogen functional groups attached to an aromatic ring is 1. The summed E-state index contributed by atoms with van der Waals surface area (Å²) >= 11 is 0. The minimum atomic E-state index is -0.427. The fourth-order valence-electron chi connectivity index (χ4n) is 1.95. The number of nitrogens with two attached hydrogens (primary N) is 1. The van der Waals surface area contributed by atoms with Crippen molar-refractivity contribution >= 4 is 11.5 Å². The van der Waals surface area contributed by atoms with Crippen LogP contribution in [0.15, 0.2) is 22.0 Å². The highest BCUT2D eigenvalue weighted by atomic mass is 16.2. The van der Waals surface area contributed by atoms with Crippen LogP contribution >= 0.6 is 0 Å². The molecule has 8 heteroatoms. The van der Waals surface area contributed by atoms with E-state index in [1.54, 1.807) is 12.4 Å². The summed E-state index contributed by atoms with van der Waals surface area (Å²) in [7, 11) is 1.44. The van der Waals surface area contributed by atoms with Gasteiger partial charge in [-0.3, -0.25) is 19.0 Å². The van der Waals surface area contributed by atoms with Crippen molar-refractivity contribution < 1.29 is 0 Å². The normalized spacial score (nSPS) is 10.7.